The molecule has 4 heteroatoms. The van der Waals surface area contributed by atoms with Gasteiger partial charge in [0.1, 0.15) is 5.82 Å². The van der Waals surface area contributed by atoms with Crippen molar-refractivity contribution < 1.29 is 4.39 Å². The molecule has 2 N–H and O–H groups in total. The van der Waals surface area contributed by atoms with Crippen molar-refractivity contribution in [2.75, 3.05) is 43.4 Å². The minimum Gasteiger partial charge on any atom is -0.395 e. The first-order valence-corrected chi connectivity index (χ1v) is 6.75. The normalized spacial score (nSPS) is 21.3. The van der Waals surface area contributed by atoms with Crippen LogP contribution in [-0.4, -0.2) is 37.6 Å². The number of benzene rings is 1. The molecule has 0 radical (unpaired) electrons. The van der Waals surface area contributed by atoms with Gasteiger partial charge in [0.05, 0.1) is 11.4 Å². The van der Waals surface area contributed by atoms with Gasteiger partial charge in [-0.2, -0.15) is 0 Å². The molecular weight excluding hydrogens is 229 g/mol. The number of para-hydroxylation sites is 1. The van der Waals surface area contributed by atoms with E-state index in [9.17, 15) is 4.39 Å². The summed E-state index contributed by atoms with van der Waals surface area (Å²) in [7, 11) is 0. The van der Waals surface area contributed by atoms with Crippen molar-refractivity contribution in [3.8, 4) is 0 Å². The van der Waals surface area contributed by atoms with Crippen molar-refractivity contribution in [2.24, 2.45) is 5.92 Å². The van der Waals surface area contributed by atoms with Gasteiger partial charge in [-0.3, -0.25) is 4.90 Å². The van der Waals surface area contributed by atoms with Crippen LogP contribution in [0.4, 0.5) is 15.8 Å². The zero-order valence-electron chi connectivity index (χ0n) is 10.6. The maximum Gasteiger partial charge on any atom is 0.148 e. The van der Waals surface area contributed by atoms with E-state index in [0.717, 1.165) is 37.8 Å². The summed E-state index contributed by atoms with van der Waals surface area (Å²) in [6.45, 7) is 5.26. The molecule has 18 heavy (non-hydrogen) atoms. The molecule has 0 unspecified atom stereocenters. The summed E-state index contributed by atoms with van der Waals surface area (Å²) in [6, 6.07) is 5.06. The maximum atomic E-state index is 13.4. The fourth-order valence-corrected chi connectivity index (χ4v) is 2.64. The van der Waals surface area contributed by atoms with E-state index in [2.05, 4.69) is 9.80 Å². The highest BCUT2D eigenvalue weighted by Crippen LogP contribution is 2.31. The number of nitrogens with two attached hydrogens (primary N) is 1. The van der Waals surface area contributed by atoms with Gasteiger partial charge in [-0.15, -0.1) is 0 Å². The van der Waals surface area contributed by atoms with Crippen LogP contribution in [0.15, 0.2) is 18.2 Å². The summed E-state index contributed by atoms with van der Waals surface area (Å²) < 4.78 is 13.4. The molecule has 0 atom stereocenters. The molecule has 1 aromatic rings. The van der Waals surface area contributed by atoms with Crippen LogP contribution < -0.4 is 10.6 Å². The second-order valence-corrected chi connectivity index (χ2v) is 5.40. The van der Waals surface area contributed by atoms with Crippen molar-refractivity contribution >= 4 is 11.4 Å². The summed E-state index contributed by atoms with van der Waals surface area (Å²) in [5.41, 5.74) is 6.94. The molecule has 2 fully saturated rings. The fourth-order valence-electron chi connectivity index (χ4n) is 2.64. The van der Waals surface area contributed by atoms with Crippen LogP contribution in [0.2, 0.25) is 0 Å². The second kappa shape index (κ2) is 4.76. The number of nitrogen functional groups attached to an aromatic ring is 1. The number of hydrogen-bond acceptors (Lipinski definition) is 3. The summed E-state index contributed by atoms with van der Waals surface area (Å²) in [6.07, 6.45) is 2.80. The monoisotopic (exact) mass is 249 g/mol. The lowest BCUT2D eigenvalue weighted by molar-refractivity contribution is 0.248. The van der Waals surface area contributed by atoms with Crippen LogP contribution in [0, 0.1) is 11.7 Å². The molecule has 1 saturated heterocycles. The van der Waals surface area contributed by atoms with Gasteiger partial charge in [0.15, 0.2) is 0 Å². The third-order valence-corrected chi connectivity index (χ3v) is 3.96. The molecule has 3 nitrogen and oxygen atoms in total. The van der Waals surface area contributed by atoms with Gasteiger partial charge in [-0.1, -0.05) is 6.07 Å². The van der Waals surface area contributed by atoms with Gasteiger partial charge >= 0.3 is 0 Å². The molecule has 0 amide bonds. The zero-order valence-corrected chi connectivity index (χ0v) is 10.6. The van der Waals surface area contributed by atoms with Gasteiger partial charge in [-0.05, 0) is 30.9 Å². The van der Waals surface area contributed by atoms with Crippen LogP contribution >= 0.6 is 0 Å². The quantitative estimate of drug-likeness (QED) is 0.831. The zero-order chi connectivity index (χ0) is 12.5. The van der Waals surface area contributed by atoms with Gasteiger partial charge in [0, 0.05) is 32.7 Å². The lowest BCUT2D eigenvalue weighted by atomic mass is 10.2. The van der Waals surface area contributed by atoms with E-state index in [1.54, 1.807) is 6.07 Å². The summed E-state index contributed by atoms with van der Waals surface area (Å²) in [5.74, 6) is 0.628. The Bertz CT molecular complexity index is 423. The van der Waals surface area contributed by atoms with Crippen LogP contribution in [-0.2, 0) is 0 Å². The average molecular weight is 249 g/mol. The van der Waals surface area contributed by atoms with E-state index >= 15 is 0 Å². The number of nitrogens with zero attached hydrogens (tertiary/aromatic N) is 2. The minimum atomic E-state index is -0.312. The maximum absolute atomic E-state index is 13.4. The molecule has 98 valence electrons. The fraction of sp³-hybridized carbons (Fsp3) is 0.571. The molecule has 1 aromatic carbocycles. The van der Waals surface area contributed by atoms with Gasteiger partial charge < -0.3 is 10.6 Å². The van der Waals surface area contributed by atoms with Crippen molar-refractivity contribution in [1.82, 2.24) is 4.90 Å². The number of piperazine rings is 1. The largest absolute Gasteiger partial charge is 0.395 e. The van der Waals surface area contributed by atoms with E-state index in [1.807, 2.05) is 6.07 Å². The predicted octanol–water partition coefficient (Wildman–Crippen LogP) is 1.94. The molecular formula is C14H20FN3. The van der Waals surface area contributed by atoms with Crippen molar-refractivity contribution in [3.05, 3.63) is 24.0 Å². The molecule has 0 bridgehead atoms. The van der Waals surface area contributed by atoms with Gasteiger partial charge in [0.2, 0.25) is 0 Å². The summed E-state index contributed by atoms with van der Waals surface area (Å²) in [5, 5.41) is 0. The first kappa shape index (κ1) is 11.8. The van der Waals surface area contributed by atoms with E-state index < -0.39 is 0 Å². The number of anilines is 2. The standard InChI is InChI=1S/C14H20FN3/c15-12-2-1-3-13(14(12)16)18-8-6-17(7-9-18)10-11-4-5-11/h1-3,11H,4-10,16H2. The highest BCUT2D eigenvalue weighted by Gasteiger charge is 2.26. The van der Waals surface area contributed by atoms with Crippen LogP contribution in [0.3, 0.4) is 0 Å². The number of hydrogen-bond donors (Lipinski definition) is 1. The van der Waals surface area contributed by atoms with E-state index in [4.69, 9.17) is 5.73 Å². The lowest BCUT2D eigenvalue weighted by Gasteiger charge is -2.36. The Morgan fingerprint density at radius 2 is 1.89 bits per heavy atom. The first-order valence-electron chi connectivity index (χ1n) is 6.75. The summed E-state index contributed by atoms with van der Waals surface area (Å²) >= 11 is 0. The molecule has 1 aliphatic heterocycles. The van der Waals surface area contributed by atoms with Crippen LogP contribution in [0.5, 0.6) is 0 Å². The average Bonchev–Trinajstić information content (AvgIpc) is 3.18. The molecule has 3 rings (SSSR count). The predicted molar refractivity (Wildman–Crippen MR) is 72.2 cm³/mol. The Labute approximate surface area is 107 Å². The number of halogens is 1. The molecule has 1 heterocycles. The molecule has 0 aromatic heterocycles. The highest BCUT2D eigenvalue weighted by molar-refractivity contribution is 5.68. The van der Waals surface area contributed by atoms with E-state index in [0.29, 0.717) is 0 Å². The molecule has 1 aliphatic carbocycles. The van der Waals surface area contributed by atoms with E-state index in [-0.39, 0.29) is 11.5 Å². The third-order valence-electron chi connectivity index (χ3n) is 3.96. The molecule has 0 spiro atoms. The lowest BCUT2D eigenvalue weighted by Crippen LogP contribution is -2.47. The van der Waals surface area contributed by atoms with Crippen LogP contribution in [0.25, 0.3) is 0 Å². The van der Waals surface area contributed by atoms with Crippen molar-refractivity contribution in [2.45, 2.75) is 12.8 Å². The van der Waals surface area contributed by atoms with Crippen molar-refractivity contribution in [1.29, 1.82) is 0 Å². The topological polar surface area (TPSA) is 32.5 Å². The minimum absolute atomic E-state index is 0.285. The molecule has 2 aliphatic rings. The SMILES string of the molecule is Nc1c(F)cccc1N1CCN(CC2CC2)CC1. The van der Waals surface area contributed by atoms with Crippen molar-refractivity contribution in [3.63, 3.8) is 0 Å². The second-order valence-electron chi connectivity index (χ2n) is 5.40. The first-order chi connectivity index (χ1) is 8.74. The Kier molecular flexibility index (Phi) is 3.12. The van der Waals surface area contributed by atoms with E-state index in [1.165, 1.54) is 25.5 Å². The Morgan fingerprint density at radius 3 is 2.56 bits per heavy atom. The Balaban J connectivity index is 1.62. The third kappa shape index (κ3) is 2.43. The smallest absolute Gasteiger partial charge is 0.148 e. The molecule has 1 saturated carbocycles. The number of rotatable bonds is 3. The summed E-state index contributed by atoms with van der Waals surface area (Å²) in [4.78, 5) is 4.71. The highest BCUT2D eigenvalue weighted by atomic mass is 19.1. The van der Waals surface area contributed by atoms with Crippen LogP contribution in [0.1, 0.15) is 12.8 Å². The Morgan fingerprint density at radius 1 is 1.17 bits per heavy atom. The van der Waals surface area contributed by atoms with Gasteiger partial charge in [0.25, 0.3) is 0 Å². The Hall–Kier alpha value is -1.29. The van der Waals surface area contributed by atoms with Gasteiger partial charge in [-0.25, -0.2) is 4.39 Å².